The Bertz CT molecular complexity index is 497. The maximum Gasteiger partial charge on any atom is 0.310 e. The molecule has 2 unspecified atom stereocenters. The number of thiophene rings is 1. The van der Waals surface area contributed by atoms with Crippen molar-refractivity contribution in [3.8, 4) is 0 Å². The second kappa shape index (κ2) is 6.39. The highest BCUT2D eigenvalue weighted by Gasteiger charge is 2.30. The molecule has 1 heterocycles. The second-order valence-corrected chi connectivity index (χ2v) is 6.39. The van der Waals surface area contributed by atoms with Crippen LogP contribution in [0.15, 0.2) is 11.4 Å². The highest BCUT2D eigenvalue weighted by Crippen LogP contribution is 2.35. The van der Waals surface area contributed by atoms with Gasteiger partial charge in [0.05, 0.1) is 18.9 Å². The largest absolute Gasteiger partial charge is 0.469 e. The van der Waals surface area contributed by atoms with Gasteiger partial charge in [-0.3, -0.25) is 9.59 Å². The molecule has 1 aliphatic rings. The summed E-state index contributed by atoms with van der Waals surface area (Å²) in [4.78, 5) is 27.0. The zero-order chi connectivity index (χ0) is 14.7. The molecule has 0 aromatic carbocycles. The van der Waals surface area contributed by atoms with Gasteiger partial charge in [0, 0.05) is 18.5 Å². The van der Waals surface area contributed by atoms with Crippen molar-refractivity contribution in [1.29, 1.82) is 0 Å². The molecule has 5 heteroatoms. The number of aryl methyl sites for hydroxylation is 1. The first-order chi connectivity index (χ1) is 9.54. The van der Waals surface area contributed by atoms with Gasteiger partial charge in [-0.25, -0.2) is 0 Å². The molecule has 110 valence electrons. The first-order valence-electron chi connectivity index (χ1n) is 6.93. The highest BCUT2D eigenvalue weighted by atomic mass is 32.1. The van der Waals surface area contributed by atoms with Crippen molar-refractivity contribution < 1.29 is 14.3 Å². The quantitative estimate of drug-likeness (QED) is 0.802. The van der Waals surface area contributed by atoms with Gasteiger partial charge in [-0.1, -0.05) is 6.92 Å². The topological polar surface area (TPSA) is 46.6 Å². The molecule has 2 atom stereocenters. The fraction of sp³-hybridized carbons (Fsp3) is 0.600. The first-order valence-corrected chi connectivity index (χ1v) is 7.81. The lowest BCUT2D eigenvalue weighted by molar-refractivity contribution is -0.146. The van der Waals surface area contributed by atoms with Gasteiger partial charge in [-0.15, -0.1) is 11.3 Å². The third-order valence-corrected chi connectivity index (χ3v) is 4.87. The summed E-state index contributed by atoms with van der Waals surface area (Å²) in [6.07, 6.45) is 3.04. The number of nitrogens with zero attached hydrogens (tertiary/aromatic N) is 1. The fourth-order valence-corrected chi connectivity index (χ4v) is 3.77. The molecule has 0 saturated heterocycles. The van der Waals surface area contributed by atoms with Crippen molar-refractivity contribution >= 4 is 23.2 Å². The molecular formula is C15H21NO3S. The Morgan fingerprint density at radius 3 is 3.00 bits per heavy atom. The number of ether oxygens (including phenoxy) is 1. The van der Waals surface area contributed by atoms with Gasteiger partial charge in [-0.05, 0) is 36.3 Å². The van der Waals surface area contributed by atoms with Crippen LogP contribution >= 0.6 is 11.3 Å². The lowest BCUT2D eigenvalue weighted by atomic mass is 9.86. The van der Waals surface area contributed by atoms with Crippen LogP contribution in [-0.4, -0.2) is 37.5 Å². The molecule has 1 aliphatic carbocycles. The van der Waals surface area contributed by atoms with Crippen LogP contribution in [0.5, 0.6) is 0 Å². The predicted octanol–water partition coefficient (Wildman–Crippen LogP) is 2.44. The average molecular weight is 295 g/mol. The minimum atomic E-state index is -0.292. The summed E-state index contributed by atoms with van der Waals surface area (Å²) in [5.74, 6) is -0.496. The van der Waals surface area contributed by atoms with Crippen LogP contribution < -0.4 is 0 Å². The minimum absolute atomic E-state index is 0.0418. The SMILES string of the molecule is COC(=O)C(C)CN(C)C(=O)C1CCCc2sccc21. The van der Waals surface area contributed by atoms with Gasteiger partial charge < -0.3 is 9.64 Å². The van der Waals surface area contributed by atoms with Crippen molar-refractivity contribution in [3.05, 3.63) is 21.9 Å². The average Bonchev–Trinajstić information content (AvgIpc) is 2.93. The second-order valence-electron chi connectivity index (χ2n) is 5.39. The summed E-state index contributed by atoms with van der Waals surface area (Å²) >= 11 is 1.74. The molecule has 0 saturated carbocycles. The number of likely N-dealkylation sites (N-methyl/N-ethyl adjacent to an activating group) is 1. The molecule has 20 heavy (non-hydrogen) atoms. The zero-order valence-electron chi connectivity index (χ0n) is 12.2. The monoisotopic (exact) mass is 295 g/mol. The molecule has 0 spiro atoms. The third kappa shape index (κ3) is 3.03. The molecule has 0 bridgehead atoms. The smallest absolute Gasteiger partial charge is 0.310 e. The minimum Gasteiger partial charge on any atom is -0.469 e. The Balaban J connectivity index is 2.03. The molecule has 0 radical (unpaired) electrons. The molecule has 0 aliphatic heterocycles. The molecule has 0 N–H and O–H groups in total. The summed E-state index contributed by atoms with van der Waals surface area (Å²) in [6, 6.07) is 2.07. The van der Waals surface area contributed by atoms with Gasteiger partial charge in [0.2, 0.25) is 5.91 Å². The van der Waals surface area contributed by atoms with Gasteiger partial charge >= 0.3 is 5.97 Å². The summed E-state index contributed by atoms with van der Waals surface area (Å²) in [6.45, 7) is 2.19. The number of methoxy groups -OCH3 is 1. The Labute approximate surface area is 123 Å². The van der Waals surface area contributed by atoms with Crippen LogP contribution in [0.3, 0.4) is 0 Å². The normalized spacial score (nSPS) is 19.1. The van der Waals surface area contributed by atoms with Crippen molar-refractivity contribution in [2.24, 2.45) is 5.92 Å². The van der Waals surface area contributed by atoms with E-state index >= 15 is 0 Å². The Hall–Kier alpha value is -1.36. The van der Waals surface area contributed by atoms with Gasteiger partial charge in [-0.2, -0.15) is 0 Å². The summed E-state index contributed by atoms with van der Waals surface area (Å²) in [5.41, 5.74) is 1.18. The Morgan fingerprint density at radius 2 is 2.30 bits per heavy atom. The fourth-order valence-electron chi connectivity index (χ4n) is 2.79. The maximum absolute atomic E-state index is 12.6. The van der Waals surface area contributed by atoms with Crippen molar-refractivity contribution in [3.63, 3.8) is 0 Å². The number of carbonyl (C=O) groups is 2. The number of esters is 1. The van der Waals surface area contributed by atoms with E-state index < -0.39 is 0 Å². The van der Waals surface area contributed by atoms with Gasteiger partial charge in [0.25, 0.3) is 0 Å². The van der Waals surface area contributed by atoms with Crippen LogP contribution in [0, 0.1) is 5.92 Å². The molecule has 4 nitrogen and oxygen atoms in total. The molecule has 1 aromatic heterocycles. The molecular weight excluding hydrogens is 274 g/mol. The van der Waals surface area contributed by atoms with E-state index in [0.717, 1.165) is 19.3 Å². The van der Waals surface area contributed by atoms with Crippen LogP contribution in [0.4, 0.5) is 0 Å². The zero-order valence-corrected chi connectivity index (χ0v) is 13.0. The lowest BCUT2D eigenvalue weighted by Crippen LogP contribution is -2.37. The summed E-state index contributed by atoms with van der Waals surface area (Å²) < 4.78 is 4.71. The van der Waals surface area contributed by atoms with E-state index in [1.807, 2.05) is 0 Å². The third-order valence-electron chi connectivity index (χ3n) is 3.88. The van der Waals surface area contributed by atoms with Crippen LogP contribution in [-0.2, 0) is 20.7 Å². The lowest BCUT2D eigenvalue weighted by Gasteiger charge is -2.28. The molecule has 2 rings (SSSR count). The number of fused-ring (bicyclic) bond motifs is 1. The van der Waals surface area contributed by atoms with Crippen LogP contribution in [0.1, 0.15) is 36.1 Å². The number of hydrogen-bond donors (Lipinski definition) is 0. The van der Waals surface area contributed by atoms with E-state index in [1.165, 1.54) is 17.6 Å². The van der Waals surface area contributed by atoms with E-state index in [-0.39, 0.29) is 23.7 Å². The number of rotatable bonds is 4. The van der Waals surface area contributed by atoms with Gasteiger partial charge in [0.1, 0.15) is 0 Å². The Kier molecular flexibility index (Phi) is 4.81. The highest BCUT2D eigenvalue weighted by molar-refractivity contribution is 7.10. The molecule has 1 amide bonds. The first kappa shape index (κ1) is 15.0. The standard InChI is InChI=1S/C15H21NO3S/c1-10(15(18)19-3)9-16(2)14(17)12-5-4-6-13-11(12)7-8-20-13/h7-8,10,12H,4-6,9H2,1-3H3. The predicted molar refractivity (Wildman–Crippen MR) is 78.8 cm³/mol. The summed E-state index contributed by atoms with van der Waals surface area (Å²) in [7, 11) is 3.14. The maximum atomic E-state index is 12.6. The number of hydrogen-bond acceptors (Lipinski definition) is 4. The number of amides is 1. The van der Waals surface area contributed by atoms with E-state index in [1.54, 1.807) is 30.2 Å². The van der Waals surface area contributed by atoms with Gasteiger partial charge in [0.15, 0.2) is 0 Å². The van der Waals surface area contributed by atoms with Crippen molar-refractivity contribution in [2.45, 2.75) is 32.1 Å². The van der Waals surface area contributed by atoms with E-state index in [4.69, 9.17) is 4.74 Å². The summed E-state index contributed by atoms with van der Waals surface area (Å²) in [5, 5.41) is 2.06. The van der Waals surface area contributed by atoms with Crippen LogP contribution in [0.2, 0.25) is 0 Å². The molecule has 1 aromatic rings. The molecule has 0 fully saturated rings. The number of carbonyl (C=O) groups excluding carboxylic acids is 2. The Morgan fingerprint density at radius 1 is 1.55 bits per heavy atom. The van der Waals surface area contributed by atoms with Crippen molar-refractivity contribution in [2.75, 3.05) is 20.7 Å². The van der Waals surface area contributed by atoms with E-state index in [0.29, 0.717) is 6.54 Å². The van der Waals surface area contributed by atoms with Crippen molar-refractivity contribution in [1.82, 2.24) is 4.90 Å². The van der Waals surface area contributed by atoms with Crippen LogP contribution in [0.25, 0.3) is 0 Å². The van der Waals surface area contributed by atoms with E-state index in [2.05, 4.69) is 11.4 Å². The van der Waals surface area contributed by atoms with E-state index in [9.17, 15) is 9.59 Å².